The van der Waals surface area contributed by atoms with Crippen LogP contribution in [0.1, 0.15) is 277 Å². The number of aliphatic hydroxyl groups is 1. The summed E-state index contributed by atoms with van der Waals surface area (Å²) >= 11 is 0. The van der Waals surface area contributed by atoms with E-state index in [1.807, 2.05) is 21.1 Å². The molecule has 0 heterocycles. The minimum Gasteiger partial charge on any atom is -0.391 e. The lowest BCUT2D eigenvalue weighted by Crippen LogP contribution is -2.46. The number of carbonyl (C=O) groups excluding carboxylic acids is 1. The summed E-state index contributed by atoms with van der Waals surface area (Å²) < 4.78 is 23.8. The van der Waals surface area contributed by atoms with Gasteiger partial charge in [0.15, 0.2) is 0 Å². The zero-order chi connectivity index (χ0) is 59.1. The molecule has 3 unspecified atom stereocenters. The standard InChI is InChI=1S/C72H127N2O6P/c1-6-8-10-12-14-16-18-20-22-24-26-28-29-30-31-32-33-34-35-36-37-38-39-40-41-42-43-44-45-46-48-50-52-54-56-58-60-62-64-66-72(76)73-70(69-80-81(77,78)79-68-67-74(3,4)5)71(75)65-63-61-59-57-55-53-51-49-47-27-25-23-21-19-17-15-13-11-9-7-2/h8,10,14,16,20,22,26,28,30-31,33-34,36-37,39-40,42-43,45-46,70-71,75H,6-7,9,11-13,15,17-19,21,23-25,27,29,32,35,38,41,44,47-69H2,1-5H3,(H-,73,76,77,78)/p+1/b10-8-,16-14-,22-20-,28-26-,31-30-,34-33-,37-36-,40-39-,43-42-,46-45-. The molecular formula is C72H128N2O6P+. The van der Waals surface area contributed by atoms with Gasteiger partial charge in [0.1, 0.15) is 13.2 Å². The second-order valence-corrected chi connectivity index (χ2v) is 24.9. The molecule has 0 rings (SSSR count). The maximum absolute atomic E-state index is 13.1. The predicted octanol–water partition coefficient (Wildman–Crippen LogP) is 21.3. The molecule has 3 N–H and O–H groups in total. The first-order valence-corrected chi connectivity index (χ1v) is 34.9. The first-order chi connectivity index (χ1) is 39.5. The monoisotopic (exact) mass is 1150 g/mol. The van der Waals surface area contributed by atoms with Gasteiger partial charge in [-0.2, -0.15) is 0 Å². The number of aliphatic hydroxyl groups excluding tert-OH is 1. The van der Waals surface area contributed by atoms with Gasteiger partial charge in [-0.05, 0) is 89.9 Å². The zero-order valence-electron chi connectivity index (χ0n) is 53.2. The Hall–Kier alpha value is -3.10. The van der Waals surface area contributed by atoms with Gasteiger partial charge in [-0.1, -0.05) is 302 Å². The van der Waals surface area contributed by atoms with Gasteiger partial charge < -0.3 is 19.8 Å². The molecule has 9 heteroatoms. The van der Waals surface area contributed by atoms with Crippen molar-refractivity contribution >= 4 is 13.7 Å². The lowest BCUT2D eigenvalue weighted by Gasteiger charge is -2.26. The van der Waals surface area contributed by atoms with Crippen LogP contribution in [-0.2, 0) is 18.4 Å². The van der Waals surface area contributed by atoms with Crippen LogP contribution < -0.4 is 5.32 Å². The van der Waals surface area contributed by atoms with Gasteiger partial charge in [0.25, 0.3) is 0 Å². The first kappa shape index (κ1) is 77.9. The molecule has 81 heavy (non-hydrogen) atoms. The van der Waals surface area contributed by atoms with Crippen LogP contribution in [0.4, 0.5) is 0 Å². The fourth-order valence-electron chi connectivity index (χ4n) is 9.31. The highest BCUT2D eigenvalue weighted by atomic mass is 31.2. The molecule has 0 fully saturated rings. The fourth-order valence-corrected chi connectivity index (χ4v) is 10.0. The summed E-state index contributed by atoms with van der Waals surface area (Å²) in [6, 6.07) is -0.774. The number of likely N-dealkylation sites (N-methyl/N-ethyl adjacent to an activating group) is 1. The molecule has 0 aliphatic rings. The fraction of sp³-hybridized carbons (Fsp3) is 0.708. The number of carbonyl (C=O) groups is 1. The van der Waals surface area contributed by atoms with Crippen molar-refractivity contribution in [2.75, 3.05) is 40.9 Å². The van der Waals surface area contributed by atoms with E-state index in [2.05, 4.69) is 141 Å². The minimum absolute atomic E-state index is 0.0679. The highest BCUT2D eigenvalue weighted by molar-refractivity contribution is 7.47. The lowest BCUT2D eigenvalue weighted by atomic mass is 10.0. The summed E-state index contributed by atoms with van der Waals surface area (Å²) in [4.78, 5) is 23.4. The van der Waals surface area contributed by atoms with Crippen LogP contribution in [0.15, 0.2) is 122 Å². The number of nitrogens with zero attached hydrogens (tertiary/aromatic N) is 1. The number of hydrogen-bond acceptors (Lipinski definition) is 5. The van der Waals surface area contributed by atoms with Crippen LogP contribution in [0.3, 0.4) is 0 Å². The molecule has 3 atom stereocenters. The predicted molar refractivity (Wildman–Crippen MR) is 355 cm³/mol. The largest absolute Gasteiger partial charge is 0.472 e. The van der Waals surface area contributed by atoms with Crippen molar-refractivity contribution < 1.29 is 32.9 Å². The van der Waals surface area contributed by atoms with Crippen molar-refractivity contribution in [3.8, 4) is 0 Å². The molecule has 0 aliphatic carbocycles. The van der Waals surface area contributed by atoms with Crippen LogP contribution in [0.25, 0.3) is 0 Å². The van der Waals surface area contributed by atoms with Crippen LogP contribution in [0.2, 0.25) is 0 Å². The number of hydrogen-bond donors (Lipinski definition) is 3. The van der Waals surface area contributed by atoms with E-state index in [4.69, 9.17) is 9.05 Å². The van der Waals surface area contributed by atoms with Gasteiger partial charge in [-0.15, -0.1) is 0 Å². The number of phosphoric ester groups is 1. The number of amides is 1. The SMILES string of the molecule is CC/C=C\C/C=C\C/C=C\C/C=C\C/C=C\C/C=C\C/C=C\C/C=C\C/C=C\C/C=C\CCCCCCCCCCC(=O)NC(COP(=O)(O)OCC[N+](C)(C)C)C(O)CCCCCCCCCCCCCCCCCCCCCC. The van der Waals surface area contributed by atoms with E-state index in [1.165, 1.54) is 141 Å². The Kier molecular flexibility index (Phi) is 59.1. The quantitative estimate of drug-likeness (QED) is 0.0243. The van der Waals surface area contributed by atoms with Gasteiger partial charge in [-0.3, -0.25) is 13.8 Å². The van der Waals surface area contributed by atoms with Crippen molar-refractivity contribution in [1.29, 1.82) is 0 Å². The average Bonchev–Trinajstić information content (AvgIpc) is 3.43. The molecule has 0 bridgehead atoms. The Morgan fingerprint density at radius 3 is 1.09 bits per heavy atom. The summed E-state index contributed by atoms with van der Waals surface area (Å²) in [7, 11) is 1.60. The smallest absolute Gasteiger partial charge is 0.391 e. The van der Waals surface area contributed by atoms with E-state index < -0.39 is 20.0 Å². The highest BCUT2D eigenvalue weighted by Gasteiger charge is 2.28. The molecule has 0 aliphatic heterocycles. The lowest BCUT2D eigenvalue weighted by molar-refractivity contribution is -0.870. The molecule has 0 aromatic carbocycles. The highest BCUT2D eigenvalue weighted by Crippen LogP contribution is 2.43. The van der Waals surface area contributed by atoms with Crippen molar-refractivity contribution in [1.82, 2.24) is 5.32 Å². The Morgan fingerprint density at radius 1 is 0.432 bits per heavy atom. The van der Waals surface area contributed by atoms with E-state index in [1.54, 1.807) is 0 Å². The molecule has 0 aromatic heterocycles. The van der Waals surface area contributed by atoms with Gasteiger partial charge >= 0.3 is 7.82 Å². The van der Waals surface area contributed by atoms with Gasteiger partial charge in [0.2, 0.25) is 5.91 Å². The van der Waals surface area contributed by atoms with E-state index in [9.17, 15) is 19.4 Å². The van der Waals surface area contributed by atoms with Crippen LogP contribution in [-0.4, -0.2) is 73.4 Å². The molecule has 466 valence electrons. The number of quaternary nitrogens is 1. The summed E-state index contributed by atoms with van der Waals surface area (Å²) in [6.45, 7) is 4.78. The van der Waals surface area contributed by atoms with Crippen LogP contribution in [0, 0.1) is 0 Å². The molecule has 0 aromatic rings. The average molecular weight is 1150 g/mol. The third-order valence-electron chi connectivity index (χ3n) is 14.5. The van der Waals surface area contributed by atoms with E-state index >= 15 is 0 Å². The summed E-state index contributed by atoms with van der Waals surface area (Å²) in [6.07, 6.45) is 91.3. The summed E-state index contributed by atoms with van der Waals surface area (Å²) in [5.41, 5.74) is 0. The van der Waals surface area contributed by atoms with E-state index in [0.717, 1.165) is 109 Å². The van der Waals surface area contributed by atoms with Crippen molar-refractivity contribution in [3.63, 3.8) is 0 Å². The molecule has 0 radical (unpaired) electrons. The Bertz CT molecular complexity index is 1730. The van der Waals surface area contributed by atoms with E-state index in [0.29, 0.717) is 23.9 Å². The zero-order valence-corrected chi connectivity index (χ0v) is 54.1. The maximum Gasteiger partial charge on any atom is 0.472 e. The van der Waals surface area contributed by atoms with Crippen LogP contribution >= 0.6 is 7.82 Å². The Labute approximate surface area is 501 Å². The normalized spacial score (nSPS) is 14.5. The molecule has 0 saturated carbocycles. The number of allylic oxidation sites excluding steroid dienone is 20. The maximum atomic E-state index is 13.1. The Morgan fingerprint density at radius 2 is 0.741 bits per heavy atom. The van der Waals surface area contributed by atoms with Gasteiger partial charge in [-0.25, -0.2) is 4.57 Å². The van der Waals surface area contributed by atoms with Gasteiger partial charge in [0.05, 0.1) is 39.9 Å². The van der Waals surface area contributed by atoms with Crippen molar-refractivity contribution in [2.24, 2.45) is 0 Å². The van der Waals surface area contributed by atoms with Crippen molar-refractivity contribution in [3.05, 3.63) is 122 Å². The minimum atomic E-state index is -4.34. The number of unbranched alkanes of at least 4 members (excludes halogenated alkanes) is 27. The molecule has 8 nitrogen and oxygen atoms in total. The topological polar surface area (TPSA) is 105 Å². The third kappa shape index (κ3) is 64.3. The van der Waals surface area contributed by atoms with E-state index in [-0.39, 0.29) is 19.1 Å². The Balaban J connectivity index is 4.12. The second-order valence-electron chi connectivity index (χ2n) is 23.5. The van der Waals surface area contributed by atoms with Gasteiger partial charge in [0, 0.05) is 6.42 Å². The van der Waals surface area contributed by atoms with Crippen LogP contribution in [0.5, 0.6) is 0 Å². The molecule has 0 saturated heterocycles. The number of phosphoric acid groups is 1. The molecule has 0 spiro atoms. The summed E-state index contributed by atoms with van der Waals surface area (Å²) in [5, 5.41) is 14.1. The number of rotatable bonds is 60. The summed E-state index contributed by atoms with van der Waals surface area (Å²) in [5.74, 6) is -0.155. The second kappa shape index (κ2) is 61.5. The molecular weight excluding hydrogens is 1020 g/mol. The third-order valence-corrected chi connectivity index (χ3v) is 15.5. The first-order valence-electron chi connectivity index (χ1n) is 33.4. The molecule has 1 amide bonds. The number of nitrogens with one attached hydrogen (secondary N) is 1. The van der Waals surface area contributed by atoms with Crippen molar-refractivity contribution in [2.45, 2.75) is 289 Å².